The average Bonchev–Trinajstić information content (AvgIpc) is 3.01. The van der Waals surface area contributed by atoms with Crippen LogP contribution in [-0.2, 0) is 0 Å². The molecule has 0 unspecified atom stereocenters. The van der Waals surface area contributed by atoms with Gasteiger partial charge in [-0.1, -0.05) is 18.2 Å². The first kappa shape index (κ1) is 27.2. The van der Waals surface area contributed by atoms with Gasteiger partial charge in [0.25, 0.3) is 5.91 Å². The van der Waals surface area contributed by atoms with E-state index in [0.29, 0.717) is 22.7 Å². The molecule has 210 valence electrons. The molecule has 5 rings (SSSR count). The van der Waals surface area contributed by atoms with Gasteiger partial charge in [-0.05, 0) is 61.7 Å². The van der Waals surface area contributed by atoms with Crippen LogP contribution in [0.5, 0.6) is 11.5 Å². The summed E-state index contributed by atoms with van der Waals surface area (Å²) in [5.41, 5.74) is 3.78. The van der Waals surface area contributed by atoms with E-state index in [1.54, 1.807) is 26.4 Å². The minimum absolute atomic E-state index is 0.0127. The first-order chi connectivity index (χ1) is 19.6. The summed E-state index contributed by atoms with van der Waals surface area (Å²) < 4.78 is 10.8. The fourth-order valence-electron chi connectivity index (χ4n) is 5.40. The number of carbonyl (C=O) groups excluding carboxylic acids is 2. The Kier molecular flexibility index (Phi) is 8.59. The van der Waals surface area contributed by atoms with Gasteiger partial charge in [0.05, 0.1) is 25.5 Å². The fraction of sp³-hybridized carbons (Fsp3) is 0.355. The second kappa shape index (κ2) is 12.6. The van der Waals surface area contributed by atoms with Crippen molar-refractivity contribution >= 4 is 34.7 Å². The highest BCUT2D eigenvalue weighted by Crippen LogP contribution is 2.32. The molecule has 2 saturated heterocycles. The highest BCUT2D eigenvalue weighted by atomic mass is 16.5. The smallest absolute Gasteiger partial charge is 0.323 e. The third-order valence-corrected chi connectivity index (χ3v) is 7.50. The SMILES string of the molecule is COc1cccc(NC(=O)Nc2ccc(N3CCN(c4ccccc4OC)CC3)c(C(=O)N3CCCCC3)c2)c1. The Hall–Kier alpha value is -4.40. The molecule has 3 aromatic carbocycles. The average molecular weight is 544 g/mol. The van der Waals surface area contributed by atoms with E-state index in [9.17, 15) is 9.59 Å². The van der Waals surface area contributed by atoms with Gasteiger partial charge < -0.3 is 34.8 Å². The third kappa shape index (κ3) is 6.25. The molecule has 3 amide bonds. The van der Waals surface area contributed by atoms with Gasteiger partial charge in [-0.3, -0.25) is 4.79 Å². The Morgan fingerprint density at radius 3 is 2.05 bits per heavy atom. The molecule has 0 aliphatic carbocycles. The maximum atomic E-state index is 13.8. The summed E-state index contributed by atoms with van der Waals surface area (Å²) in [7, 11) is 3.28. The predicted octanol–water partition coefficient (Wildman–Crippen LogP) is 5.30. The van der Waals surface area contributed by atoms with E-state index >= 15 is 0 Å². The molecule has 40 heavy (non-hydrogen) atoms. The first-order valence-corrected chi connectivity index (χ1v) is 13.8. The van der Waals surface area contributed by atoms with Crippen LogP contribution in [0, 0.1) is 0 Å². The Morgan fingerprint density at radius 1 is 0.675 bits per heavy atom. The van der Waals surface area contributed by atoms with Crippen LogP contribution in [-0.4, -0.2) is 70.3 Å². The standard InChI is InChI=1S/C31H37N5O4/c1-39-25-10-8-9-23(21-25)32-31(38)33-24-13-14-27(26(22-24)30(37)36-15-6-3-7-16-36)34-17-19-35(20-18-34)28-11-4-5-12-29(28)40-2/h4-5,8-14,21-22H,3,6-7,15-20H2,1-2H3,(H2,32,33,38). The third-order valence-electron chi connectivity index (χ3n) is 7.50. The van der Waals surface area contributed by atoms with E-state index in [2.05, 4.69) is 26.5 Å². The maximum absolute atomic E-state index is 13.8. The van der Waals surface area contributed by atoms with Gasteiger partial charge in [0.1, 0.15) is 11.5 Å². The number of amides is 3. The number of likely N-dealkylation sites (tertiary alicyclic amines) is 1. The maximum Gasteiger partial charge on any atom is 0.323 e. The van der Waals surface area contributed by atoms with Gasteiger partial charge in [0, 0.05) is 62.4 Å². The number of para-hydroxylation sites is 2. The van der Waals surface area contributed by atoms with Gasteiger partial charge in [-0.2, -0.15) is 0 Å². The minimum atomic E-state index is -0.386. The molecule has 2 fully saturated rings. The van der Waals surface area contributed by atoms with Crippen LogP contribution in [0.1, 0.15) is 29.6 Å². The highest BCUT2D eigenvalue weighted by molar-refractivity contribution is 6.04. The van der Waals surface area contributed by atoms with Crippen LogP contribution >= 0.6 is 0 Å². The molecule has 2 N–H and O–H groups in total. The van der Waals surface area contributed by atoms with E-state index in [1.807, 2.05) is 53.4 Å². The number of benzene rings is 3. The van der Waals surface area contributed by atoms with Crippen molar-refractivity contribution in [2.45, 2.75) is 19.3 Å². The largest absolute Gasteiger partial charge is 0.497 e. The summed E-state index contributed by atoms with van der Waals surface area (Å²) in [6.07, 6.45) is 3.17. The molecule has 9 heteroatoms. The molecule has 9 nitrogen and oxygen atoms in total. The van der Waals surface area contributed by atoms with E-state index in [1.165, 1.54) is 0 Å². The van der Waals surface area contributed by atoms with Gasteiger partial charge >= 0.3 is 6.03 Å². The summed E-state index contributed by atoms with van der Waals surface area (Å²) in [5.74, 6) is 1.53. The van der Waals surface area contributed by atoms with Crippen molar-refractivity contribution in [3.05, 3.63) is 72.3 Å². The van der Waals surface area contributed by atoms with Crippen LogP contribution in [0.3, 0.4) is 0 Å². The van der Waals surface area contributed by atoms with Crippen molar-refractivity contribution in [3.63, 3.8) is 0 Å². The van der Waals surface area contributed by atoms with Crippen molar-refractivity contribution in [1.82, 2.24) is 4.90 Å². The predicted molar refractivity (Wildman–Crippen MR) is 159 cm³/mol. The quantitative estimate of drug-likeness (QED) is 0.421. The molecule has 2 aliphatic heterocycles. The number of piperazine rings is 1. The first-order valence-electron chi connectivity index (χ1n) is 13.8. The Labute approximate surface area is 235 Å². The molecule has 2 heterocycles. The number of ether oxygens (including phenoxy) is 2. The number of methoxy groups -OCH3 is 2. The topological polar surface area (TPSA) is 86.4 Å². The zero-order valence-electron chi connectivity index (χ0n) is 23.2. The van der Waals surface area contributed by atoms with Crippen molar-refractivity contribution in [2.24, 2.45) is 0 Å². The zero-order chi connectivity index (χ0) is 27.9. The number of hydrogen-bond donors (Lipinski definition) is 2. The van der Waals surface area contributed by atoms with Crippen molar-refractivity contribution < 1.29 is 19.1 Å². The molecule has 0 saturated carbocycles. The van der Waals surface area contributed by atoms with Crippen molar-refractivity contribution in [2.75, 3.05) is 73.9 Å². The fourth-order valence-corrected chi connectivity index (χ4v) is 5.40. The molecule has 0 bridgehead atoms. The second-order valence-electron chi connectivity index (χ2n) is 10.0. The van der Waals surface area contributed by atoms with E-state index in [-0.39, 0.29) is 11.9 Å². The lowest BCUT2D eigenvalue weighted by molar-refractivity contribution is 0.0725. The highest BCUT2D eigenvalue weighted by Gasteiger charge is 2.26. The van der Waals surface area contributed by atoms with E-state index in [0.717, 1.165) is 75.7 Å². The summed E-state index contributed by atoms with van der Waals surface area (Å²) in [6.45, 7) is 4.66. The summed E-state index contributed by atoms with van der Waals surface area (Å²) in [4.78, 5) is 33.1. The van der Waals surface area contributed by atoms with Crippen LogP contribution in [0.2, 0.25) is 0 Å². The summed E-state index contributed by atoms with van der Waals surface area (Å²) >= 11 is 0. The number of urea groups is 1. The van der Waals surface area contributed by atoms with Gasteiger partial charge in [-0.25, -0.2) is 4.79 Å². The van der Waals surface area contributed by atoms with Crippen LogP contribution in [0.15, 0.2) is 66.7 Å². The molecule has 0 atom stereocenters. The molecule has 3 aromatic rings. The molecule has 0 radical (unpaired) electrons. The van der Waals surface area contributed by atoms with Gasteiger partial charge in [-0.15, -0.1) is 0 Å². The monoisotopic (exact) mass is 543 g/mol. The molecule has 0 aromatic heterocycles. The lowest BCUT2D eigenvalue weighted by Gasteiger charge is -2.39. The molecular formula is C31H37N5O4. The summed E-state index contributed by atoms with van der Waals surface area (Å²) in [6, 6.07) is 20.5. The number of carbonyl (C=O) groups is 2. The minimum Gasteiger partial charge on any atom is -0.497 e. The molecular weight excluding hydrogens is 506 g/mol. The number of rotatable bonds is 7. The Bertz CT molecular complexity index is 1330. The van der Waals surface area contributed by atoms with Crippen molar-refractivity contribution in [3.8, 4) is 11.5 Å². The van der Waals surface area contributed by atoms with E-state index in [4.69, 9.17) is 9.47 Å². The number of nitrogens with zero attached hydrogens (tertiary/aromatic N) is 3. The van der Waals surface area contributed by atoms with E-state index < -0.39 is 0 Å². The number of hydrogen-bond acceptors (Lipinski definition) is 6. The Morgan fingerprint density at radius 2 is 1.35 bits per heavy atom. The van der Waals surface area contributed by atoms with Crippen molar-refractivity contribution in [1.29, 1.82) is 0 Å². The lowest BCUT2D eigenvalue weighted by Crippen LogP contribution is -2.47. The second-order valence-corrected chi connectivity index (χ2v) is 10.0. The zero-order valence-corrected chi connectivity index (χ0v) is 23.2. The molecule has 0 spiro atoms. The van der Waals surface area contributed by atoms with Crippen LogP contribution in [0.25, 0.3) is 0 Å². The van der Waals surface area contributed by atoms with Gasteiger partial charge in [0.15, 0.2) is 0 Å². The number of piperidine rings is 1. The normalized spacial score (nSPS) is 15.4. The molecule has 2 aliphatic rings. The summed E-state index contributed by atoms with van der Waals surface area (Å²) in [5, 5.41) is 5.73. The number of nitrogens with one attached hydrogen (secondary N) is 2. The van der Waals surface area contributed by atoms with Crippen LogP contribution in [0.4, 0.5) is 27.5 Å². The Balaban J connectivity index is 1.34. The van der Waals surface area contributed by atoms with Crippen LogP contribution < -0.4 is 29.9 Å². The number of anilines is 4. The van der Waals surface area contributed by atoms with Gasteiger partial charge in [0.2, 0.25) is 0 Å². The lowest BCUT2D eigenvalue weighted by atomic mass is 10.1.